The number of halogens is 1. The standard InChI is InChI=1S/C23H18ClN3O4/c1-29-17-10-6-15(7-11-17)22-26-23(31-27-22)19-4-2-3-5-20(19)25-21(28)14-30-18-12-8-16(24)9-13-18/h2-13H,14H2,1H3,(H,25,28). The molecule has 0 saturated carbocycles. The predicted molar refractivity (Wildman–Crippen MR) is 117 cm³/mol. The first-order valence-electron chi connectivity index (χ1n) is 9.38. The quantitative estimate of drug-likeness (QED) is 0.435. The van der Waals surface area contributed by atoms with Crippen molar-refractivity contribution in [2.45, 2.75) is 0 Å². The monoisotopic (exact) mass is 435 g/mol. The first-order valence-corrected chi connectivity index (χ1v) is 9.76. The van der Waals surface area contributed by atoms with Gasteiger partial charge in [0.2, 0.25) is 5.82 Å². The van der Waals surface area contributed by atoms with Gasteiger partial charge in [-0.3, -0.25) is 4.79 Å². The van der Waals surface area contributed by atoms with E-state index in [1.54, 1.807) is 49.6 Å². The molecular formula is C23H18ClN3O4. The molecule has 1 aromatic heterocycles. The summed E-state index contributed by atoms with van der Waals surface area (Å²) in [4.78, 5) is 16.8. The van der Waals surface area contributed by atoms with Crippen LogP contribution in [0.2, 0.25) is 5.02 Å². The molecule has 0 unspecified atom stereocenters. The van der Waals surface area contributed by atoms with Gasteiger partial charge >= 0.3 is 0 Å². The first kappa shape index (κ1) is 20.4. The molecule has 0 saturated heterocycles. The molecule has 0 aliphatic carbocycles. The summed E-state index contributed by atoms with van der Waals surface area (Å²) in [6.45, 7) is -0.156. The van der Waals surface area contributed by atoms with Crippen molar-refractivity contribution in [3.8, 4) is 34.3 Å². The van der Waals surface area contributed by atoms with E-state index in [0.29, 0.717) is 33.7 Å². The van der Waals surface area contributed by atoms with Gasteiger partial charge in [-0.1, -0.05) is 28.9 Å². The highest BCUT2D eigenvalue weighted by Gasteiger charge is 2.15. The molecule has 1 amide bonds. The lowest BCUT2D eigenvalue weighted by atomic mass is 10.1. The zero-order valence-electron chi connectivity index (χ0n) is 16.5. The van der Waals surface area contributed by atoms with E-state index in [0.717, 1.165) is 11.3 Å². The molecule has 4 aromatic rings. The zero-order valence-corrected chi connectivity index (χ0v) is 17.3. The van der Waals surface area contributed by atoms with Gasteiger partial charge in [-0.25, -0.2) is 0 Å². The van der Waals surface area contributed by atoms with Crippen LogP contribution in [0.4, 0.5) is 5.69 Å². The van der Waals surface area contributed by atoms with Crippen LogP contribution in [0, 0.1) is 0 Å². The summed E-state index contributed by atoms with van der Waals surface area (Å²) >= 11 is 5.85. The lowest BCUT2D eigenvalue weighted by Gasteiger charge is -2.09. The summed E-state index contributed by atoms with van der Waals surface area (Å²) in [6, 6.07) is 21.3. The Morgan fingerprint density at radius 3 is 2.45 bits per heavy atom. The zero-order chi connectivity index (χ0) is 21.6. The van der Waals surface area contributed by atoms with E-state index >= 15 is 0 Å². The number of nitrogens with one attached hydrogen (secondary N) is 1. The molecule has 0 bridgehead atoms. The van der Waals surface area contributed by atoms with Crippen LogP contribution >= 0.6 is 11.6 Å². The molecule has 1 N–H and O–H groups in total. The van der Waals surface area contributed by atoms with Gasteiger partial charge in [0, 0.05) is 10.6 Å². The Labute approximate surface area is 183 Å². The molecule has 0 atom stereocenters. The lowest BCUT2D eigenvalue weighted by Crippen LogP contribution is -2.20. The number of anilines is 1. The molecule has 0 aliphatic heterocycles. The highest BCUT2D eigenvalue weighted by Crippen LogP contribution is 2.29. The Balaban J connectivity index is 1.47. The molecule has 31 heavy (non-hydrogen) atoms. The third kappa shape index (κ3) is 5.02. The second kappa shape index (κ2) is 9.32. The largest absolute Gasteiger partial charge is 0.497 e. The Morgan fingerprint density at radius 2 is 1.71 bits per heavy atom. The Hall–Kier alpha value is -3.84. The van der Waals surface area contributed by atoms with Crippen LogP contribution in [0.15, 0.2) is 77.3 Å². The first-order chi connectivity index (χ1) is 15.1. The van der Waals surface area contributed by atoms with Crippen molar-refractivity contribution in [1.29, 1.82) is 0 Å². The fraction of sp³-hybridized carbons (Fsp3) is 0.0870. The summed E-state index contributed by atoms with van der Waals surface area (Å²) in [5.74, 6) is 1.69. The van der Waals surface area contributed by atoms with Gasteiger partial charge in [0.1, 0.15) is 11.5 Å². The van der Waals surface area contributed by atoms with Crippen LogP contribution < -0.4 is 14.8 Å². The minimum atomic E-state index is -0.322. The molecule has 156 valence electrons. The van der Waals surface area contributed by atoms with E-state index in [9.17, 15) is 4.79 Å². The fourth-order valence-corrected chi connectivity index (χ4v) is 2.96. The number of carbonyl (C=O) groups is 1. The second-order valence-corrected chi connectivity index (χ2v) is 6.92. The number of aromatic nitrogens is 2. The molecule has 8 heteroatoms. The number of hydrogen-bond donors (Lipinski definition) is 1. The molecule has 3 aromatic carbocycles. The topological polar surface area (TPSA) is 86.5 Å². The smallest absolute Gasteiger partial charge is 0.262 e. The third-order valence-corrected chi connectivity index (χ3v) is 4.64. The van der Waals surface area contributed by atoms with Crippen molar-refractivity contribution >= 4 is 23.2 Å². The molecule has 4 rings (SSSR count). The van der Waals surface area contributed by atoms with Gasteiger partial charge in [-0.2, -0.15) is 4.98 Å². The number of methoxy groups -OCH3 is 1. The number of nitrogens with zero attached hydrogens (tertiary/aromatic N) is 2. The summed E-state index contributed by atoms with van der Waals surface area (Å²) in [7, 11) is 1.60. The number of benzene rings is 3. The highest BCUT2D eigenvalue weighted by atomic mass is 35.5. The van der Waals surface area contributed by atoms with Crippen LogP contribution in [-0.4, -0.2) is 29.8 Å². The number of ether oxygens (including phenoxy) is 2. The Morgan fingerprint density at radius 1 is 1.00 bits per heavy atom. The lowest BCUT2D eigenvalue weighted by molar-refractivity contribution is -0.118. The van der Waals surface area contributed by atoms with Crippen LogP contribution in [0.3, 0.4) is 0 Å². The predicted octanol–water partition coefficient (Wildman–Crippen LogP) is 5.08. The highest BCUT2D eigenvalue weighted by molar-refractivity contribution is 6.30. The SMILES string of the molecule is COc1ccc(-c2noc(-c3ccccc3NC(=O)COc3ccc(Cl)cc3)n2)cc1. The van der Waals surface area contributed by atoms with Crippen molar-refractivity contribution in [2.75, 3.05) is 19.0 Å². The van der Waals surface area contributed by atoms with Crippen molar-refractivity contribution in [3.05, 3.63) is 77.8 Å². The van der Waals surface area contributed by atoms with Gasteiger partial charge < -0.3 is 19.3 Å². The average molecular weight is 436 g/mol. The van der Waals surface area contributed by atoms with Crippen LogP contribution in [0.25, 0.3) is 22.8 Å². The minimum absolute atomic E-state index is 0.156. The van der Waals surface area contributed by atoms with Gasteiger partial charge in [0.15, 0.2) is 6.61 Å². The van der Waals surface area contributed by atoms with Crippen molar-refractivity contribution < 1.29 is 18.8 Å². The maximum atomic E-state index is 12.4. The fourth-order valence-electron chi connectivity index (χ4n) is 2.83. The van der Waals surface area contributed by atoms with E-state index in [2.05, 4.69) is 15.5 Å². The Kier molecular flexibility index (Phi) is 6.14. The number of para-hydroxylation sites is 1. The van der Waals surface area contributed by atoms with Crippen molar-refractivity contribution in [1.82, 2.24) is 10.1 Å². The van der Waals surface area contributed by atoms with Crippen molar-refractivity contribution in [2.24, 2.45) is 0 Å². The number of amides is 1. The van der Waals surface area contributed by atoms with Crippen LogP contribution in [0.5, 0.6) is 11.5 Å². The number of hydrogen-bond acceptors (Lipinski definition) is 6. The van der Waals surface area contributed by atoms with Gasteiger partial charge in [0.05, 0.1) is 18.4 Å². The van der Waals surface area contributed by atoms with Gasteiger partial charge in [-0.05, 0) is 60.7 Å². The summed E-state index contributed by atoms with van der Waals surface area (Å²) < 4.78 is 16.1. The van der Waals surface area contributed by atoms with E-state index in [4.69, 9.17) is 25.6 Å². The van der Waals surface area contributed by atoms with Gasteiger partial charge in [-0.15, -0.1) is 0 Å². The van der Waals surface area contributed by atoms with E-state index in [1.807, 2.05) is 30.3 Å². The normalized spacial score (nSPS) is 10.5. The molecule has 7 nitrogen and oxygen atoms in total. The Bertz CT molecular complexity index is 1170. The average Bonchev–Trinajstić information content (AvgIpc) is 3.29. The molecular weight excluding hydrogens is 418 g/mol. The maximum absolute atomic E-state index is 12.4. The third-order valence-electron chi connectivity index (χ3n) is 4.39. The van der Waals surface area contributed by atoms with E-state index < -0.39 is 0 Å². The molecule has 1 heterocycles. The van der Waals surface area contributed by atoms with Crippen LogP contribution in [0.1, 0.15) is 0 Å². The number of carbonyl (C=O) groups excluding carboxylic acids is 1. The minimum Gasteiger partial charge on any atom is -0.497 e. The van der Waals surface area contributed by atoms with E-state index in [1.165, 1.54) is 0 Å². The summed E-state index contributed by atoms with van der Waals surface area (Å²) in [5.41, 5.74) is 1.93. The molecule has 0 spiro atoms. The van der Waals surface area contributed by atoms with Gasteiger partial charge in [0.25, 0.3) is 11.8 Å². The molecule has 0 aliphatic rings. The summed E-state index contributed by atoms with van der Waals surface area (Å²) in [5, 5.41) is 7.46. The second-order valence-electron chi connectivity index (χ2n) is 6.49. The molecule has 0 radical (unpaired) electrons. The maximum Gasteiger partial charge on any atom is 0.262 e. The van der Waals surface area contributed by atoms with Crippen molar-refractivity contribution in [3.63, 3.8) is 0 Å². The molecule has 0 fully saturated rings. The number of rotatable bonds is 7. The summed E-state index contributed by atoms with van der Waals surface area (Å²) in [6.07, 6.45) is 0. The van der Waals surface area contributed by atoms with E-state index in [-0.39, 0.29) is 12.5 Å². The van der Waals surface area contributed by atoms with Crippen LogP contribution in [-0.2, 0) is 4.79 Å².